The number of halogens is 1. The molecule has 0 radical (unpaired) electrons. The van der Waals surface area contributed by atoms with Crippen LogP contribution in [0.15, 0.2) is 30.5 Å². The second kappa shape index (κ2) is 10.3. The van der Waals surface area contributed by atoms with Crippen LogP contribution in [0.1, 0.15) is 13.8 Å². The smallest absolute Gasteiger partial charge is 0.273 e. The molecule has 4 rings (SSSR count). The zero-order valence-corrected chi connectivity index (χ0v) is 21.2. The Morgan fingerprint density at radius 3 is 2.35 bits per heavy atom. The Morgan fingerprint density at radius 2 is 1.73 bits per heavy atom. The minimum atomic E-state index is -1.09. The molecule has 1 amide bonds. The van der Waals surface area contributed by atoms with Gasteiger partial charge in [0.25, 0.3) is 5.91 Å². The number of fused-ring (bicyclic) bond motifs is 1. The fourth-order valence-electron chi connectivity index (χ4n) is 3.69. The Labute approximate surface area is 212 Å². The number of ether oxygens (including phenoxy) is 5. The van der Waals surface area contributed by atoms with Gasteiger partial charge in [0.05, 0.1) is 27.5 Å². The summed E-state index contributed by atoms with van der Waals surface area (Å²) < 4.78 is 41.6. The second-order valence-electron chi connectivity index (χ2n) is 8.34. The van der Waals surface area contributed by atoms with E-state index >= 15 is 0 Å². The van der Waals surface area contributed by atoms with Crippen LogP contribution in [0.2, 0.25) is 0 Å². The third kappa shape index (κ3) is 5.11. The van der Waals surface area contributed by atoms with Gasteiger partial charge in [-0.25, -0.2) is 14.4 Å². The number of hydrogen-bond acceptors (Lipinski definition) is 11. The van der Waals surface area contributed by atoms with Crippen molar-refractivity contribution in [3.05, 3.63) is 36.3 Å². The van der Waals surface area contributed by atoms with E-state index in [1.807, 2.05) is 0 Å². The summed E-state index contributed by atoms with van der Waals surface area (Å²) in [5, 5.41) is 5.82. The molecule has 196 valence electrons. The molecule has 0 fully saturated rings. The number of carbonyl (C=O) groups is 1. The van der Waals surface area contributed by atoms with Crippen molar-refractivity contribution in [2.75, 3.05) is 50.7 Å². The van der Waals surface area contributed by atoms with Gasteiger partial charge in [0.2, 0.25) is 11.7 Å². The van der Waals surface area contributed by atoms with Gasteiger partial charge in [-0.2, -0.15) is 4.98 Å². The molecule has 0 atom stereocenters. The standard InChI is InChI=1S/C24H27FN6O6/c1-24(2)22(32)31(12-33-3)21-15(37-24)7-8-18(29-21)28-20-14(25)11-26-23(30-20)27-13-9-16(34-4)19(36-6)17(10-13)35-5/h7-11H,12H2,1-6H3,(H2,26,27,28,29,30). The monoisotopic (exact) mass is 514 g/mol. The minimum Gasteiger partial charge on any atom is -0.493 e. The molecule has 0 aliphatic carbocycles. The number of nitrogens with zero attached hydrogens (tertiary/aromatic N) is 4. The number of carbonyl (C=O) groups excluding carboxylic acids is 1. The Morgan fingerprint density at radius 1 is 1.03 bits per heavy atom. The lowest BCUT2D eigenvalue weighted by Crippen LogP contribution is -2.53. The summed E-state index contributed by atoms with van der Waals surface area (Å²) in [5.74, 6) is 1.04. The van der Waals surface area contributed by atoms with Crippen LogP contribution in [0.5, 0.6) is 23.0 Å². The molecular formula is C24H27FN6O6. The maximum absolute atomic E-state index is 14.6. The summed E-state index contributed by atoms with van der Waals surface area (Å²) in [4.78, 5) is 26.8. The van der Waals surface area contributed by atoms with Gasteiger partial charge in [0, 0.05) is 24.9 Å². The minimum absolute atomic E-state index is 0.0280. The highest BCUT2D eigenvalue weighted by molar-refractivity contribution is 6.01. The van der Waals surface area contributed by atoms with Crippen molar-refractivity contribution >= 4 is 35.0 Å². The highest BCUT2D eigenvalue weighted by Gasteiger charge is 2.42. The van der Waals surface area contributed by atoms with E-state index in [1.54, 1.807) is 38.1 Å². The van der Waals surface area contributed by atoms with E-state index in [-0.39, 0.29) is 36.0 Å². The molecule has 0 saturated heterocycles. The average molecular weight is 515 g/mol. The Hall–Kier alpha value is -4.39. The third-order valence-electron chi connectivity index (χ3n) is 5.39. The lowest BCUT2D eigenvalue weighted by atomic mass is 10.1. The predicted octanol–water partition coefficient (Wildman–Crippen LogP) is 3.63. The van der Waals surface area contributed by atoms with Crippen LogP contribution in [0.3, 0.4) is 0 Å². The molecular weight excluding hydrogens is 487 g/mol. The Balaban J connectivity index is 1.62. The average Bonchev–Trinajstić information content (AvgIpc) is 2.88. The molecule has 2 N–H and O–H groups in total. The zero-order valence-electron chi connectivity index (χ0n) is 21.2. The van der Waals surface area contributed by atoms with Gasteiger partial charge in [-0.15, -0.1) is 0 Å². The first-order valence-electron chi connectivity index (χ1n) is 11.1. The number of hydrogen-bond donors (Lipinski definition) is 2. The lowest BCUT2D eigenvalue weighted by molar-refractivity contribution is -0.134. The van der Waals surface area contributed by atoms with Crippen molar-refractivity contribution in [3.63, 3.8) is 0 Å². The number of rotatable bonds is 9. The molecule has 37 heavy (non-hydrogen) atoms. The van der Waals surface area contributed by atoms with Crippen LogP contribution in [-0.2, 0) is 9.53 Å². The van der Waals surface area contributed by atoms with Gasteiger partial charge < -0.3 is 34.3 Å². The number of anilines is 5. The summed E-state index contributed by atoms with van der Waals surface area (Å²) in [6.45, 7) is 3.29. The first-order valence-corrected chi connectivity index (χ1v) is 11.1. The molecule has 0 saturated carbocycles. The van der Waals surface area contributed by atoms with Crippen LogP contribution in [0.4, 0.5) is 33.5 Å². The SMILES string of the molecule is COCN1C(=O)C(C)(C)Oc2ccc(Nc3nc(Nc4cc(OC)c(OC)c(OC)c4)ncc3F)nc21. The number of benzene rings is 1. The summed E-state index contributed by atoms with van der Waals surface area (Å²) in [6.07, 6.45) is 1.01. The van der Waals surface area contributed by atoms with Crippen LogP contribution in [0.25, 0.3) is 0 Å². The number of amides is 1. The summed E-state index contributed by atoms with van der Waals surface area (Å²) in [5.41, 5.74) is -0.568. The molecule has 13 heteroatoms. The third-order valence-corrected chi connectivity index (χ3v) is 5.39. The van der Waals surface area contributed by atoms with E-state index in [0.717, 1.165) is 6.20 Å². The fourth-order valence-corrected chi connectivity index (χ4v) is 3.69. The van der Waals surface area contributed by atoms with E-state index in [2.05, 4.69) is 25.6 Å². The van der Waals surface area contributed by atoms with Crippen molar-refractivity contribution in [3.8, 4) is 23.0 Å². The molecule has 2 aromatic heterocycles. The van der Waals surface area contributed by atoms with Crippen LogP contribution in [-0.4, -0.2) is 61.6 Å². The van der Waals surface area contributed by atoms with Gasteiger partial charge in [-0.05, 0) is 26.0 Å². The molecule has 0 spiro atoms. The maximum atomic E-state index is 14.6. The van der Waals surface area contributed by atoms with E-state index in [1.165, 1.54) is 33.3 Å². The molecule has 12 nitrogen and oxygen atoms in total. The molecule has 0 bridgehead atoms. The maximum Gasteiger partial charge on any atom is 0.273 e. The number of aromatic nitrogens is 3. The van der Waals surface area contributed by atoms with E-state index in [0.29, 0.717) is 28.7 Å². The van der Waals surface area contributed by atoms with Crippen LogP contribution >= 0.6 is 0 Å². The summed E-state index contributed by atoms with van der Waals surface area (Å²) in [7, 11) is 5.96. The van der Waals surface area contributed by atoms with Gasteiger partial charge >= 0.3 is 0 Å². The van der Waals surface area contributed by atoms with Gasteiger partial charge in [-0.1, -0.05) is 0 Å². The predicted molar refractivity (Wildman–Crippen MR) is 133 cm³/mol. The zero-order chi connectivity index (χ0) is 26.7. The lowest BCUT2D eigenvalue weighted by Gasteiger charge is -2.37. The number of nitrogens with one attached hydrogen (secondary N) is 2. The van der Waals surface area contributed by atoms with Crippen LogP contribution < -0.4 is 34.5 Å². The van der Waals surface area contributed by atoms with Crippen LogP contribution in [0, 0.1) is 5.82 Å². The van der Waals surface area contributed by atoms with Gasteiger partial charge in [-0.3, -0.25) is 9.69 Å². The molecule has 3 heterocycles. The van der Waals surface area contributed by atoms with Crippen molar-refractivity contribution in [2.24, 2.45) is 0 Å². The summed E-state index contributed by atoms with van der Waals surface area (Å²) in [6, 6.07) is 6.55. The van der Waals surface area contributed by atoms with Crippen molar-refractivity contribution in [2.45, 2.75) is 19.4 Å². The molecule has 3 aromatic rings. The van der Waals surface area contributed by atoms with Crippen molar-refractivity contribution in [1.82, 2.24) is 15.0 Å². The molecule has 0 unspecified atom stereocenters. The summed E-state index contributed by atoms with van der Waals surface area (Å²) >= 11 is 0. The highest BCUT2D eigenvalue weighted by Crippen LogP contribution is 2.41. The molecule has 1 aliphatic heterocycles. The van der Waals surface area contributed by atoms with Crippen molar-refractivity contribution < 1.29 is 32.9 Å². The van der Waals surface area contributed by atoms with Gasteiger partial charge in [0.1, 0.15) is 12.5 Å². The Bertz CT molecular complexity index is 1300. The quantitative estimate of drug-likeness (QED) is 0.434. The Kier molecular flexibility index (Phi) is 7.16. The number of methoxy groups -OCH3 is 4. The largest absolute Gasteiger partial charge is 0.493 e. The van der Waals surface area contributed by atoms with E-state index in [4.69, 9.17) is 23.7 Å². The first kappa shape index (κ1) is 25.7. The van der Waals surface area contributed by atoms with E-state index in [9.17, 15) is 9.18 Å². The van der Waals surface area contributed by atoms with Crippen molar-refractivity contribution in [1.29, 1.82) is 0 Å². The topological polar surface area (TPSA) is 129 Å². The molecule has 1 aliphatic rings. The van der Waals surface area contributed by atoms with E-state index < -0.39 is 11.4 Å². The second-order valence-corrected chi connectivity index (χ2v) is 8.34. The number of pyridine rings is 1. The highest BCUT2D eigenvalue weighted by atomic mass is 19.1. The normalized spacial score (nSPS) is 13.9. The van der Waals surface area contributed by atoms with Gasteiger partial charge in [0.15, 0.2) is 40.3 Å². The fraction of sp³-hybridized carbons (Fsp3) is 0.333. The molecule has 1 aromatic carbocycles. The first-order chi connectivity index (χ1) is 17.7.